The Balaban J connectivity index is 1.91. The van der Waals surface area contributed by atoms with E-state index in [1.807, 2.05) is 0 Å². The van der Waals surface area contributed by atoms with E-state index in [1.54, 1.807) is 0 Å². The Morgan fingerprint density at radius 1 is 1.33 bits per heavy atom. The van der Waals surface area contributed by atoms with Gasteiger partial charge in [-0.3, -0.25) is 4.68 Å². The summed E-state index contributed by atoms with van der Waals surface area (Å²) in [6.07, 6.45) is 6.13. The molecule has 1 atom stereocenters. The van der Waals surface area contributed by atoms with E-state index in [1.165, 1.54) is 36.2 Å². The van der Waals surface area contributed by atoms with Crippen LogP contribution >= 0.6 is 0 Å². The molecule has 2 aliphatic rings. The smallest absolute Gasteiger partial charge is 0.0706 e. The van der Waals surface area contributed by atoms with Gasteiger partial charge in [-0.25, -0.2) is 0 Å². The number of rotatable bonds is 4. The van der Waals surface area contributed by atoms with Gasteiger partial charge in [0.1, 0.15) is 0 Å². The fourth-order valence-electron chi connectivity index (χ4n) is 2.97. The lowest BCUT2D eigenvalue weighted by molar-refractivity contribution is 0.366. The van der Waals surface area contributed by atoms with E-state index in [0.29, 0.717) is 5.92 Å². The highest BCUT2D eigenvalue weighted by Crippen LogP contribution is 2.44. The molecule has 0 aromatic carbocycles. The van der Waals surface area contributed by atoms with Crippen LogP contribution in [0.1, 0.15) is 54.6 Å². The minimum atomic E-state index is 0.234. The summed E-state index contributed by atoms with van der Waals surface area (Å²) in [5.41, 5.74) is 10.5. The zero-order valence-corrected chi connectivity index (χ0v) is 11.5. The van der Waals surface area contributed by atoms with Gasteiger partial charge in [-0.05, 0) is 46.2 Å². The topological polar surface area (TPSA) is 47.1 Å². The lowest BCUT2D eigenvalue weighted by Crippen LogP contribution is -2.22. The average molecular weight is 248 g/mol. The lowest BCUT2D eigenvalue weighted by atomic mass is 9.90. The molecule has 1 aromatic heterocycles. The van der Waals surface area contributed by atoms with E-state index >= 15 is 0 Å². The van der Waals surface area contributed by atoms with Crippen molar-refractivity contribution in [3.8, 4) is 0 Å². The molecule has 1 heterocycles. The minimum absolute atomic E-state index is 0.234. The Kier molecular flexibility index (Phi) is 3.16. The Hall–Kier alpha value is -0.870. The quantitative estimate of drug-likeness (QED) is 0.881. The number of aromatic nitrogens is 2. The molecular weight excluding hydrogens is 224 g/mol. The molecule has 1 fully saturated rings. The van der Waals surface area contributed by atoms with Gasteiger partial charge in [0.25, 0.3) is 0 Å². The fourth-order valence-corrected chi connectivity index (χ4v) is 2.97. The van der Waals surface area contributed by atoms with E-state index in [9.17, 15) is 0 Å². The van der Waals surface area contributed by atoms with Crippen molar-refractivity contribution < 1.29 is 0 Å². The van der Waals surface area contributed by atoms with Gasteiger partial charge in [-0.15, -0.1) is 0 Å². The van der Waals surface area contributed by atoms with Crippen LogP contribution in [0.25, 0.3) is 0 Å². The fraction of sp³-hybridized carbons (Fsp3) is 0.786. The second kappa shape index (κ2) is 4.67. The van der Waals surface area contributed by atoms with Crippen molar-refractivity contribution in [3.63, 3.8) is 0 Å². The molecule has 0 aliphatic heterocycles. The van der Waals surface area contributed by atoms with Crippen molar-refractivity contribution in [2.75, 3.05) is 20.6 Å². The predicted octanol–water partition coefficient (Wildman–Crippen LogP) is 1.66. The first-order valence-electron chi connectivity index (χ1n) is 7.16. The first-order valence-corrected chi connectivity index (χ1v) is 7.16. The maximum absolute atomic E-state index is 6.32. The molecule has 3 rings (SSSR count). The van der Waals surface area contributed by atoms with Gasteiger partial charge in [0.2, 0.25) is 0 Å². The second-order valence-corrected chi connectivity index (χ2v) is 6.05. The predicted molar refractivity (Wildman–Crippen MR) is 72.6 cm³/mol. The molecule has 0 radical (unpaired) electrons. The van der Waals surface area contributed by atoms with Crippen LogP contribution < -0.4 is 5.73 Å². The maximum Gasteiger partial charge on any atom is 0.0706 e. The monoisotopic (exact) mass is 248 g/mol. The minimum Gasteiger partial charge on any atom is -0.324 e. The third kappa shape index (κ3) is 2.19. The molecule has 1 unspecified atom stereocenters. The number of nitrogens with two attached hydrogens (primary N) is 1. The molecular formula is C14H24N4. The Bertz CT molecular complexity index is 431. The highest BCUT2D eigenvalue weighted by Gasteiger charge is 2.34. The third-order valence-corrected chi connectivity index (χ3v) is 4.15. The van der Waals surface area contributed by atoms with Crippen LogP contribution in [0.5, 0.6) is 0 Å². The molecule has 18 heavy (non-hydrogen) atoms. The van der Waals surface area contributed by atoms with Crippen LogP contribution in [0.3, 0.4) is 0 Å². The van der Waals surface area contributed by atoms with Crippen LogP contribution in [0, 0.1) is 0 Å². The van der Waals surface area contributed by atoms with Crippen molar-refractivity contribution in [1.82, 2.24) is 14.7 Å². The lowest BCUT2D eigenvalue weighted by Gasteiger charge is -2.21. The SMILES string of the molecule is CN(C)CCn1nc(C2CC2)c2c1CCCC2N. The molecule has 2 N–H and O–H groups in total. The molecule has 0 amide bonds. The zero-order chi connectivity index (χ0) is 12.7. The normalized spacial score (nSPS) is 23.4. The van der Waals surface area contributed by atoms with Crippen LogP contribution in [-0.2, 0) is 13.0 Å². The van der Waals surface area contributed by atoms with Crippen molar-refractivity contribution in [1.29, 1.82) is 0 Å². The van der Waals surface area contributed by atoms with Gasteiger partial charge in [-0.1, -0.05) is 0 Å². The first-order chi connectivity index (χ1) is 8.66. The zero-order valence-electron chi connectivity index (χ0n) is 11.5. The number of likely N-dealkylation sites (N-methyl/N-ethyl adjacent to an activating group) is 1. The summed E-state index contributed by atoms with van der Waals surface area (Å²) < 4.78 is 2.24. The maximum atomic E-state index is 6.32. The largest absolute Gasteiger partial charge is 0.324 e. The van der Waals surface area contributed by atoms with Crippen LogP contribution in [0.2, 0.25) is 0 Å². The summed E-state index contributed by atoms with van der Waals surface area (Å²) in [5.74, 6) is 0.712. The summed E-state index contributed by atoms with van der Waals surface area (Å²) >= 11 is 0. The van der Waals surface area contributed by atoms with Crippen molar-refractivity contribution in [3.05, 3.63) is 17.0 Å². The second-order valence-electron chi connectivity index (χ2n) is 6.05. The van der Waals surface area contributed by atoms with Crippen molar-refractivity contribution in [2.45, 2.75) is 50.6 Å². The molecule has 100 valence electrons. The summed E-state index contributed by atoms with van der Waals surface area (Å²) in [6, 6.07) is 0.234. The molecule has 0 spiro atoms. The number of hydrogen-bond acceptors (Lipinski definition) is 3. The van der Waals surface area contributed by atoms with Gasteiger partial charge in [0.15, 0.2) is 0 Å². The number of fused-ring (bicyclic) bond motifs is 1. The Morgan fingerprint density at radius 2 is 2.11 bits per heavy atom. The molecule has 4 nitrogen and oxygen atoms in total. The third-order valence-electron chi connectivity index (χ3n) is 4.15. The van der Waals surface area contributed by atoms with Gasteiger partial charge in [-0.2, -0.15) is 5.10 Å². The highest BCUT2D eigenvalue weighted by molar-refractivity contribution is 5.36. The molecule has 1 saturated carbocycles. The van der Waals surface area contributed by atoms with Crippen LogP contribution in [-0.4, -0.2) is 35.3 Å². The van der Waals surface area contributed by atoms with Gasteiger partial charge in [0.05, 0.1) is 12.2 Å². The van der Waals surface area contributed by atoms with E-state index in [2.05, 4.69) is 23.7 Å². The van der Waals surface area contributed by atoms with E-state index in [-0.39, 0.29) is 6.04 Å². The van der Waals surface area contributed by atoms with Crippen LogP contribution in [0.15, 0.2) is 0 Å². The molecule has 0 bridgehead atoms. The number of hydrogen-bond donors (Lipinski definition) is 1. The molecule has 1 aromatic rings. The summed E-state index contributed by atoms with van der Waals surface area (Å²) in [7, 11) is 4.23. The van der Waals surface area contributed by atoms with E-state index < -0.39 is 0 Å². The first kappa shape index (κ1) is 12.2. The Labute approximate surface area is 109 Å². The summed E-state index contributed by atoms with van der Waals surface area (Å²) in [4.78, 5) is 2.22. The van der Waals surface area contributed by atoms with Gasteiger partial charge < -0.3 is 10.6 Å². The standard InChI is InChI=1S/C14H24N4/c1-17(2)8-9-18-12-5-3-4-11(15)13(12)14(16-18)10-6-7-10/h10-11H,3-9,15H2,1-2H3. The molecule has 0 saturated heterocycles. The highest BCUT2D eigenvalue weighted by atomic mass is 15.3. The van der Waals surface area contributed by atoms with Gasteiger partial charge in [0, 0.05) is 29.8 Å². The summed E-state index contributed by atoms with van der Waals surface area (Å²) in [5, 5.41) is 4.89. The van der Waals surface area contributed by atoms with Crippen LogP contribution in [0.4, 0.5) is 0 Å². The summed E-state index contributed by atoms with van der Waals surface area (Å²) in [6.45, 7) is 2.04. The van der Waals surface area contributed by atoms with Crippen molar-refractivity contribution >= 4 is 0 Å². The van der Waals surface area contributed by atoms with Gasteiger partial charge >= 0.3 is 0 Å². The van der Waals surface area contributed by atoms with E-state index in [4.69, 9.17) is 10.8 Å². The van der Waals surface area contributed by atoms with Crippen molar-refractivity contribution in [2.24, 2.45) is 5.73 Å². The number of nitrogens with zero attached hydrogens (tertiary/aromatic N) is 3. The molecule has 2 aliphatic carbocycles. The van der Waals surface area contributed by atoms with E-state index in [0.717, 1.165) is 25.9 Å². The Morgan fingerprint density at radius 3 is 2.78 bits per heavy atom. The molecule has 4 heteroatoms. The average Bonchev–Trinajstić information content (AvgIpc) is 3.09.